The number of para-hydroxylation sites is 2. The molecule has 0 amide bonds. The molecule has 0 radical (unpaired) electrons. The van der Waals surface area contributed by atoms with Crippen LogP contribution in [0.25, 0.3) is 72.7 Å². The molecule has 1 N–H and O–H groups in total. The van der Waals surface area contributed by atoms with Crippen molar-refractivity contribution in [2.45, 2.75) is 79.4 Å². The van der Waals surface area contributed by atoms with E-state index in [9.17, 15) is 5.11 Å². The zero-order valence-corrected chi connectivity index (χ0v) is 36.7. The van der Waals surface area contributed by atoms with E-state index in [0.717, 1.165) is 50.1 Å². The smallest absolute Gasteiger partial charge is 0.148 e. The molecule has 6 aromatic carbocycles. The minimum Gasteiger partial charge on any atom is -0.507 e. The van der Waals surface area contributed by atoms with Crippen LogP contribution < -0.4 is 0 Å². The molecule has 0 unspecified atom stereocenters. The number of aromatic nitrogens is 3. The van der Waals surface area contributed by atoms with E-state index in [1.54, 1.807) is 42.6 Å². The van der Waals surface area contributed by atoms with Crippen molar-refractivity contribution in [1.29, 1.82) is 0 Å². The van der Waals surface area contributed by atoms with Gasteiger partial charge in [-0.3, -0.25) is 9.55 Å². The molecule has 8 aromatic rings. The number of nitrogens with zero attached hydrogens (tertiary/aromatic N) is 3. The normalized spacial score (nSPS) is 14.1. The maximum absolute atomic E-state index is 11.4. The standard InChI is InChI=1S/C54H52N3O.Pt/c1-33(2)43-15-12-16-44(34(3)4)51(43)39-24-25-48(36(6)28-39)57-49-18-13-17-45(52(49)56-53(57)46-14-10-11-19-50(46)58)40-29-41(31-42(30-40)54(7,8)9)47-32-38(26-27-55-47)37-22-20-35(5)21-23-37;/h10-28,30-34,58H,1-9H3;/q-1;/i5D3,6D3,33D;. The monoisotopic (exact) mass is 960 g/mol. The maximum Gasteiger partial charge on any atom is 0.148 e. The van der Waals surface area contributed by atoms with Gasteiger partial charge in [0.15, 0.2) is 0 Å². The topological polar surface area (TPSA) is 50.9 Å². The molecule has 300 valence electrons. The van der Waals surface area contributed by atoms with Crippen LogP contribution in [-0.2, 0) is 26.5 Å². The minimum absolute atomic E-state index is 0. The number of hydrogen-bond donors (Lipinski definition) is 1. The fourth-order valence-electron chi connectivity index (χ4n) is 7.79. The van der Waals surface area contributed by atoms with E-state index in [1.807, 2.05) is 97.3 Å². The number of aryl methyl sites for hydroxylation is 2. The van der Waals surface area contributed by atoms with Gasteiger partial charge in [-0.05, 0) is 106 Å². The van der Waals surface area contributed by atoms with E-state index in [0.29, 0.717) is 39.4 Å². The molecule has 2 aromatic heterocycles. The second kappa shape index (κ2) is 16.6. The van der Waals surface area contributed by atoms with Crippen LogP contribution in [0.5, 0.6) is 5.75 Å². The fraction of sp³-hybridized carbons (Fsp3) is 0.222. The van der Waals surface area contributed by atoms with E-state index in [-0.39, 0.29) is 49.3 Å². The van der Waals surface area contributed by atoms with Crippen molar-refractivity contribution in [2.75, 3.05) is 0 Å². The van der Waals surface area contributed by atoms with E-state index in [4.69, 9.17) is 19.6 Å². The van der Waals surface area contributed by atoms with Crippen LogP contribution in [0.1, 0.15) is 97.7 Å². The van der Waals surface area contributed by atoms with Crippen LogP contribution in [0.2, 0.25) is 0 Å². The number of hydrogen-bond acceptors (Lipinski definition) is 3. The second-order valence-electron chi connectivity index (χ2n) is 16.6. The van der Waals surface area contributed by atoms with E-state index in [2.05, 4.69) is 52.8 Å². The molecular weight excluding hydrogens is 902 g/mol. The summed E-state index contributed by atoms with van der Waals surface area (Å²) < 4.78 is 61.2. The SMILES string of the molecule is [2H]C([2H])([2H])c1ccc(-c2ccnc(-c3[c-]c(-c4cccc5c4nc(-c4ccccc4O)n5-c4ccc(-c5c(C(C)C)cccc5C([2H])(C)C)cc4C([2H])([2H])[2H])cc(C(C)(C)C)c3)c2)cc1.[Pt]. The Balaban J connectivity index is 0.00000648. The Morgan fingerprint density at radius 3 is 2.14 bits per heavy atom. The summed E-state index contributed by atoms with van der Waals surface area (Å²) in [5, 5.41) is 11.4. The average Bonchev–Trinajstić information content (AvgIpc) is 3.64. The molecule has 0 fully saturated rings. The summed E-state index contributed by atoms with van der Waals surface area (Å²) in [6.07, 6.45) is 1.74. The Morgan fingerprint density at radius 1 is 0.712 bits per heavy atom. The van der Waals surface area contributed by atoms with Crippen LogP contribution >= 0.6 is 0 Å². The third-order valence-corrected chi connectivity index (χ3v) is 10.9. The number of phenolic OH excluding ortho intramolecular Hbond substituents is 1. The van der Waals surface area contributed by atoms with Gasteiger partial charge in [0.25, 0.3) is 0 Å². The number of aromatic hydroxyl groups is 1. The van der Waals surface area contributed by atoms with Gasteiger partial charge in [0, 0.05) is 42.6 Å². The number of pyridine rings is 1. The number of fused-ring (bicyclic) bond motifs is 1. The fourth-order valence-corrected chi connectivity index (χ4v) is 7.79. The van der Waals surface area contributed by atoms with Gasteiger partial charge in [-0.25, -0.2) is 4.98 Å². The van der Waals surface area contributed by atoms with Gasteiger partial charge >= 0.3 is 0 Å². The first-order valence-electron chi connectivity index (χ1n) is 23.2. The first-order valence-corrected chi connectivity index (χ1v) is 19.7. The van der Waals surface area contributed by atoms with Crippen molar-refractivity contribution in [3.8, 4) is 67.5 Å². The average molecular weight is 961 g/mol. The molecule has 4 nitrogen and oxygen atoms in total. The minimum atomic E-state index is -2.57. The van der Waals surface area contributed by atoms with Crippen molar-refractivity contribution in [3.63, 3.8) is 0 Å². The van der Waals surface area contributed by atoms with Gasteiger partial charge in [-0.2, -0.15) is 0 Å². The largest absolute Gasteiger partial charge is 0.507 e. The Labute approximate surface area is 374 Å². The third kappa shape index (κ3) is 8.08. The van der Waals surface area contributed by atoms with Crippen LogP contribution in [0.4, 0.5) is 0 Å². The maximum atomic E-state index is 11.4. The van der Waals surface area contributed by atoms with Gasteiger partial charge < -0.3 is 5.11 Å². The number of imidazole rings is 1. The molecule has 0 saturated carbocycles. The number of rotatable bonds is 8. The molecule has 0 aliphatic carbocycles. The van der Waals surface area contributed by atoms with Gasteiger partial charge in [0.1, 0.15) is 11.6 Å². The van der Waals surface area contributed by atoms with Crippen molar-refractivity contribution < 1.29 is 35.8 Å². The molecule has 59 heavy (non-hydrogen) atoms. The van der Waals surface area contributed by atoms with Gasteiger partial charge in [-0.1, -0.05) is 144 Å². The summed E-state index contributed by atoms with van der Waals surface area (Å²) in [6.45, 7) is 9.56. The molecule has 2 heterocycles. The summed E-state index contributed by atoms with van der Waals surface area (Å²) in [6, 6.07) is 42.8. The molecule has 5 heteroatoms. The molecule has 0 spiro atoms. The van der Waals surface area contributed by atoms with Crippen LogP contribution in [0, 0.1) is 19.8 Å². The van der Waals surface area contributed by atoms with Crippen molar-refractivity contribution in [1.82, 2.24) is 14.5 Å². The zero-order valence-electron chi connectivity index (χ0n) is 41.4. The Kier molecular flexibility index (Phi) is 9.36. The third-order valence-electron chi connectivity index (χ3n) is 10.9. The van der Waals surface area contributed by atoms with Crippen LogP contribution in [0.15, 0.2) is 134 Å². The van der Waals surface area contributed by atoms with Crippen molar-refractivity contribution >= 4 is 11.0 Å². The van der Waals surface area contributed by atoms with Crippen molar-refractivity contribution in [3.05, 3.63) is 167 Å². The summed E-state index contributed by atoms with van der Waals surface area (Å²) >= 11 is 0. The second-order valence-corrected chi connectivity index (χ2v) is 16.6. The predicted octanol–water partition coefficient (Wildman–Crippen LogP) is 14.4. The summed E-state index contributed by atoms with van der Waals surface area (Å²) in [7, 11) is 0. The summed E-state index contributed by atoms with van der Waals surface area (Å²) in [4.78, 5) is 10.1. The molecule has 0 saturated heterocycles. The molecule has 0 aliphatic rings. The molecule has 0 atom stereocenters. The predicted molar refractivity (Wildman–Crippen MR) is 243 cm³/mol. The Hall–Kier alpha value is -5.57. The Bertz CT molecular complexity index is 3080. The zero-order chi connectivity index (χ0) is 46.8. The summed E-state index contributed by atoms with van der Waals surface area (Å²) in [5.41, 5.74) is 11.2. The first-order chi connectivity index (χ1) is 30.5. The summed E-state index contributed by atoms with van der Waals surface area (Å²) in [5.74, 6) is -0.481. The molecule has 0 aliphatic heterocycles. The van der Waals surface area contributed by atoms with Crippen molar-refractivity contribution in [2.24, 2.45) is 0 Å². The van der Waals surface area contributed by atoms with E-state index in [1.165, 1.54) is 0 Å². The van der Waals surface area contributed by atoms with E-state index >= 15 is 0 Å². The molecule has 0 bridgehead atoms. The number of benzene rings is 6. The molecular formula is C54H52N3OPt-. The Morgan fingerprint density at radius 2 is 1.42 bits per heavy atom. The van der Waals surface area contributed by atoms with E-state index < -0.39 is 19.6 Å². The first kappa shape index (κ1) is 33.3. The quantitative estimate of drug-likeness (QED) is 0.154. The van der Waals surface area contributed by atoms with Gasteiger partial charge in [0.05, 0.1) is 22.3 Å². The van der Waals surface area contributed by atoms with Gasteiger partial charge in [-0.15, -0.1) is 29.3 Å². The molecule has 8 rings (SSSR count). The van der Waals surface area contributed by atoms with Gasteiger partial charge in [0.2, 0.25) is 0 Å². The van der Waals surface area contributed by atoms with Crippen LogP contribution in [-0.4, -0.2) is 19.6 Å². The van der Waals surface area contributed by atoms with Crippen LogP contribution in [0.3, 0.4) is 0 Å². The number of phenols is 1.